The van der Waals surface area contributed by atoms with Crippen molar-refractivity contribution in [3.8, 4) is 0 Å². The first-order valence-corrected chi connectivity index (χ1v) is 5.93. The van der Waals surface area contributed by atoms with Gasteiger partial charge >= 0.3 is 6.09 Å². The minimum atomic E-state index is -0.607. The molecule has 4 heteroatoms. The molecule has 0 atom stereocenters. The van der Waals surface area contributed by atoms with E-state index in [9.17, 15) is 9.18 Å². The van der Waals surface area contributed by atoms with E-state index in [-0.39, 0.29) is 12.7 Å². The molecule has 0 radical (unpaired) electrons. The summed E-state index contributed by atoms with van der Waals surface area (Å²) in [5, 5.41) is 0. The molecule has 0 unspecified atom stereocenters. The van der Waals surface area contributed by atoms with Crippen molar-refractivity contribution in [3.05, 3.63) is 0 Å². The highest BCUT2D eigenvalue weighted by atomic mass is 19.1. The molecular formula is C12H22FNO2. The van der Waals surface area contributed by atoms with Crippen molar-refractivity contribution in [3.63, 3.8) is 0 Å². The van der Waals surface area contributed by atoms with Crippen LogP contribution in [0.1, 0.15) is 33.6 Å². The molecule has 0 bridgehead atoms. The molecule has 1 fully saturated rings. The van der Waals surface area contributed by atoms with E-state index in [1.165, 1.54) is 0 Å². The quantitative estimate of drug-likeness (QED) is 0.731. The van der Waals surface area contributed by atoms with Crippen molar-refractivity contribution in [2.75, 3.05) is 26.4 Å². The zero-order valence-corrected chi connectivity index (χ0v) is 10.5. The first-order valence-electron chi connectivity index (χ1n) is 5.93. The maximum Gasteiger partial charge on any atom is 0.409 e. The molecule has 1 saturated heterocycles. The van der Waals surface area contributed by atoms with Crippen molar-refractivity contribution in [2.24, 2.45) is 11.3 Å². The molecule has 0 aromatic heterocycles. The van der Waals surface area contributed by atoms with Crippen molar-refractivity contribution in [1.82, 2.24) is 4.90 Å². The van der Waals surface area contributed by atoms with Crippen LogP contribution in [0, 0.1) is 11.3 Å². The predicted octanol–water partition coefficient (Wildman–Crippen LogP) is 2.85. The molecule has 1 amide bonds. The molecule has 1 aliphatic heterocycles. The Labute approximate surface area is 96.9 Å². The lowest BCUT2D eigenvalue weighted by Crippen LogP contribution is -2.41. The number of nitrogens with zero attached hydrogens (tertiary/aromatic N) is 1. The molecule has 1 aliphatic rings. The van der Waals surface area contributed by atoms with Crippen LogP contribution in [0.3, 0.4) is 0 Å². The van der Waals surface area contributed by atoms with Crippen LogP contribution < -0.4 is 0 Å². The monoisotopic (exact) mass is 231 g/mol. The second kappa shape index (κ2) is 5.51. The van der Waals surface area contributed by atoms with Crippen LogP contribution in [0.2, 0.25) is 0 Å². The zero-order valence-electron chi connectivity index (χ0n) is 10.5. The minimum absolute atomic E-state index is 0.127. The van der Waals surface area contributed by atoms with Crippen molar-refractivity contribution in [2.45, 2.75) is 33.6 Å². The Hall–Kier alpha value is -0.800. The molecule has 0 saturated carbocycles. The number of carbonyl (C=O) groups excluding carboxylic acids is 1. The van der Waals surface area contributed by atoms with Gasteiger partial charge in [0, 0.05) is 13.1 Å². The number of ether oxygens (including phenoxy) is 1. The van der Waals surface area contributed by atoms with Gasteiger partial charge in [0.25, 0.3) is 0 Å². The largest absolute Gasteiger partial charge is 0.447 e. The Morgan fingerprint density at radius 1 is 1.38 bits per heavy atom. The van der Waals surface area contributed by atoms with Gasteiger partial charge < -0.3 is 9.64 Å². The summed E-state index contributed by atoms with van der Waals surface area (Å²) in [4.78, 5) is 13.1. The molecule has 0 spiro atoms. The van der Waals surface area contributed by atoms with Crippen LogP contribution in [0.25, 0.3) is 0 Å². The van der Waals surface area contributed by atoms with Gasteiger partial charge in [-0.15, -0.1) is 0 Å². The van der Waals surface area contributed by atoms with Gasteiger partial charge in [-0.1, -0.05) is 20.8 Å². The van der Waals surface area contributed by atoms with Gasteiger partial charge in [0.2, 0.25) is 0 Å². The summed E-state index contributed by atoms with van der Waals surface area (Å²) in [5.74, 6) is 0.651. The van der Waals surface area contributed by atoms with Gasteiger partial charge in [-0.3, -0.25) is 0 Å². The smallest absolute Gasteiger partial charge is 0.409 e. The minimum Gasteiger partial charge on any atom is -0.447 e. The number of hydrogen-bond donors (Lipinski definition) is 0. The van der Waals surface area contributed by atoms with Gasteiger partial charge in [-0.25, -0.2) is 9.18 Å². The van der Waals surface area contributed by atoms with E-state index < -0.39 is 6.67 Å². The standard InChI is InChI=1S/C12H22FNO2/c1-12(2,3)10-4-7-14(8-5-10)11(15)16-9-6-13/h10H,4-9H2,1-3H3. The molecule has 1 rings (SSSR count). The number of amides is 1. The van der Waals surface area contributed by atoms with Crippen LogP contribution in [-0.2, 0) is 4.74 Å². The van der Waals surface area contributed by atoms with E-state index in [1.807, 2.05) is 0 Å². The second-order valence-electron chi connectivity index (χ2n) is 5.43. The number of alkyl halides is 1. The Balaban J connectivity index is 2.34. The van der Waals surface area contributed by atoms with E-state index >= 15 is 0 Å². The third kappa shape index (κ3) is 3.65. The second-order valence-corrected chi connectivity index (χ2v) is 5.43. The van der Waals surface area contributed by atoms with Crippen molar-refractivity contribution >= 4 is 6.09 Å². The highest BCUT2D eigenvalue weighted by molar-refractivity contribution is 5.67. The number of piperidine rings is 1. The highest BCUT2D eigenvalue weighted by Gasteiger charge is 2.30. The lowest BCUT2D eigenvalue weighted by molar-refractivity contribution is 0.0672. The average Bonchev–Trinajstić information content (AvgIpc) is 2.25. The van der Waals surface area contributed by atoms with Gasteiger partial charge in [-0.2, -0.15) is 0 Å². The number of carbonyl (C=O) groups is 1. The van der Waals surface area contributed by atoms with Crippen LogP contribution in [0.4, 0.5) is 9.18 Å². The summed E-state index contributed by atoms with van der Waals surface area (Å²) >= 11 is 0. The first-order chi connectivity index (χ1) is 7.45. The summed E-state index contributed by atoms with van der Waals surface area (Å²) in [7, 11) is 0. The van der Waals surface area contributed by atoms with E-state index in [1.54, 1.807) is 4.90 Å². The van der Waals surface area contributed by atoms with Gasteiger partial charge in [-0.05, 0) is 24.2 Å². The van der Waals surface area contributed by atoms with Crippen molar-refractivity contribution < 1.29 is 13.9 Å². The maximum absolute atomic E-state index is 11.8. The summed E-state index contributed by atoms with van der Waals surface area (Å²) in [6.07, 6.45) is 1.65. The van der Waals surface area contributed by atoms with Crippen molar-refractivity contribution in [1.29, 1.82) is 0 Å². The maximum atomic E-state index is 11.8. The highest BCUT2D eigenvalue weighted by Crippen LogP contribution is 2.34. The number of halogens is 1. The zero-order chi connectivity index (χ0) is 12.2. The molecular weight excluding hydrogens is 209 g/mol. The van der Waals surface area contributed by atoms with Crippen LogP contribution in [-0.4, -0.2) is 37.4 Å². The molecule has 16 heavy (non-hydrogen) atoms. The predicted molar refractivity (Wildman–Crippen MR) is 61.1 cm³/mol. The fourth-order valence-electron chi connectivity index (χ4n) is 2.15. The molecule has 94 valence electrons. The number of rotatable bonds is 2. The molecule has 1 heterocycles. The fraction of sp³-hybridized carbons (Fsp3) is 0.917. The molecule has 0 N–H and O–H groups in total. The lowest BCUT2D eigenvalue weighted by atomic mass is 9.75. The Morgan fingerprint density at radius 2 is 1.94 bits per heavy atom. The summed E-state index contributed by atoms with van der Waals surface area (Å²) in [6, 6.07) is 0. The third-order valence-corrected chi connectivity index (χ3v) is 3.28. The van der Waals surface area contributed by atoms with E-state index in [2.05, 4.69) is 20.8 Å². The fourth-order valence-corrected chi connectivity index (χ4v) is 2.15. The molecule has 0 aliphatic carbocycles. The number of hydrogen-bond acceptors (Lipinski definition) is 2. The molecule has 0 aromatic rings. The molecule has 0 aromatic carbocycles. The first kappa shape index (κ1) is 13.3. The normalized spacial score (nSPS) is 18.6. The average molecular weight is 231 g/mol. The summed E-state index contributed by atoms with van der Waals surface area (Å²) in [5.41, 5.74) is 0.301. The third-order valence-electron chi connectivity index (χ3n) is 3.28. The van der Waals surface area contributed by atoms with Gasteiger partial charge in [0.05, 0.1) is 0 Å². The van der Waals surface area contributed by atoms with E-state index in [4.69, 9.17) is 4.74 Å². The topological polar surface area (TPSA) is 29.5 Å². The van der Waals surface area contributed by atoms with Crippen LogP contribution in [0.5, 0.6) is 0 Å². The Morgan fingerprint density at radius 3 is 2.38 bits per heavy atom. The van der Waals surface area contributed by atoms with Gasteiger partial charge in [0.1, 0.15) is 13.3 Å². The van der Waals surface area contributed by atoms with Crippen LogP contribution in [0.15, 0.2) is 0 Å². The van der Waals surface area contributed by atoms with E-state index in [0.717, 1.165) is 25.9 Å². The van der Waals surface area contributed by atoms with Gasteiger partial charge in [0.15, 0.2) is 0 Å². The SMILES string of the molecule is CC(C)(C)C1CCN(C(=O)OCCF)CC1. The number of likely N-dealkylation sites (tertiary alicyclic amines) is 1. The summed E-state index contributed by atoms with van der Waals surface area (Å²) in [6.45, 7) is 7.42. The summed E-state index contributed by atoms with van der Waals surface area (Å²) < 4.78 is 16.6. The Bertz CT molecular complexity index is 230. The van der Waals surface area contributed by atoms with Crippen LogP contribution >= 0.6 is 0 Å². The Kier molecular flexibility index (Phi) is 4.56. The van der Waals surface area contributed by atoms with E-state index in [0.29, 0.717) is 11.3 Å². The molecule has 3 nitrogen and oxygen atoms in total. The lowest BCUT2D eigenvalue weighted by Gasteiger charge is -2.38.